The van der Waals surface area contributed by atoms with Gasteiger partial charge in [0, 0.05) is 25.6 Å². The van der Waals surface area contributed by atoms with Crippen molar-refractivity contribution in [3.05, 3.63) is 90.0 Å². The van der Waals surface area contributed by atoms with Gasteiger partial charge in [-0.1, -0.05) is 74.0 Å². The number of hydrogen-bond donors (Lipinski definition) is 1. The van der Waals surface area contributed by atoms with Gasteiger partial charge in [0.05, 0.1) is 11.4 Å². The van der Waals surface area contributed by atoms with Crippen molar-refractivity contribution in [2.45, 2.75) is 45.7 Å². The Labute approximate surface area is 248 Å². The monoisotopic (exact) mass is 593 g/mol. The van der Waals surface area contributed by atoms with E-state index in [0.29, 0.717) is 36.9 Å². The van der Waals surface area contributed by atoms with E-state index in [1.165, 1.54) is 11.8 Å². The summed E-state index contributed by atoms with van der Waals surface area (Å²) in [7, 11) is -3.87. The number of nitrogens with one attached hydrogen (secondary N) is 1. The summed E-state index contributed by atoms with van der Waals surface area (Å²) in [4.78, 5) is 29.4. The standard InChI is InChI=1S/C32H39N3O6S/c1-3-5-18-33-32(37)28(21-25-12-8-6-9-13-25)34(23-26-14-10-7-11-15-26)31(36)24-35(42(38,39)4-2)27-16-17-29-30(22-27)41-20-19-40-29/h6-17,22,28H,3-5,18-21,23-24H2,1-2H3,(H,33,37). The highest BCUT2D eigenvalue weighted by atomic mass is 32.2. The third kappa shape index (κ3) is 8.03. The van der Waals surface area contributed by atoms with E-state index in [1.54, 1.807) is 18.2 Å². The van der Waals surface area contributed by atoms with Crippen molar-refractivity contribution in [2.24, 2.45) is 0 Å². The average molecular weight is 594 g/mol. The zero-order chi connectivity index (χ0) is 30.0. The van der Waals surface area contributed by atoms with E-state index in [1.807, 2.05) is 67.6 Å². The molecule has 1 unspecified atom stereocenters. The molecular formula is C32H39N3O6S. The number of hydrogen-bond acceptors (Lipinski definition) is 6. The second-order valence-electron chi connectivity index (χ2n) is 10.1. The number of unbranched alkanes of at least 4 members (excludes halogenated alkanes) is 1. The van der Waals surface area contributed by atoms with E-state index < -0.39 is 28.5 Å². The second-order valence-corrected chi connectivity index (χ2v) is 12.3. The van der Waals surface area contributed by atoms with Gasteiger partial charge in [0.2, 0.25) is 21.8 Å². The molecule has 0 radical (unpaired) electrons. The smallest absolute Gasteiger partial charge is 0.244 e. The van der Waals surface area contributed by atoms with E-state index in [2.05, 4.69) is 5.32 Å². The Kier molecular flexibility index (Phi) is 10.8. The zero-order valence-electron chi connectivity index (χ0n) is 24.2. The lowest BCUT2D eigenvalue weighted by Crippen LogP contribution is -2.53. The van der Waals surface area contributed by atoms with Gasteiger partial charge in [0.25, 0.3) is 0 Å². The Balaban J connectivity index is 1.71. The van der Waals surface area contributed by atoms with Crippen molar-refractivity contribution < 1.29 is 27.5 Å². The maximum absolute atomic E-state index is 14.2. The minimum Gasteiger partial charge on any atom is -0.486 e. The fourth-order valence-electron chi connectivity index (χ4n) is 4.75. The maximum Gasteiger partial charge on any atom is 0.244 e. The number of fused-ring (bicyclic) bond motifs is 1. The van der Waals surface area contributed by atoms with E-state index >= 15 is 0 Å². The summed E-state index contributed by atoms with van der Waals surface area (Å²) in [5, 5.41) is 2.99. The van der Waals surface area contributed by atoms with Crippen LogP contribution in [-0.4, -0.2) is 63.2 Å². The van der Waals surface area contributed by atoms with Gasteiger partial charge in [-0.3, -0.25) is 13.9 Å². The number of benzene rings is 3. The van der Waals surface area contributed by atoms with Gasteiger partial charge in [-0.2, -0.15) is 0 Å². The lowest BCUT2D eigenvalue weighted by atomic mass is 10.0. The summed E-state index contributed by atoms with van der Waals surface area (Å²) in [6.07, 6.45) is 2.00. The highest BCUT2D eigenvalue weighted by molar-refractivity contribution is 7.92. The van der Waals surface area contributed by atoms with Crippen LogP contribution in [0.1, 0.15) is 37.8 Å². The first kappa shape index (κ1) is 30.9. The topological polar surface area (TPSA) is 105 Å². The Morgan fingerprint density at radius 2 is 1.52 bits per heavy atom. The van der Waals surface area contributed by atoms with E-state index in [-0.39, 0.29) is 24.6 Å². The molecule has 2 amide bonds. The van der Waals surface area contributed by atoms with Crippen LogP contribution in [0.2, 0.25) is 0 Å². The lowest BCUT2D eigenvalue weighted by Gasteiger charge is -2.34. The SMILES string of the molecule is CCCCNC(=O)C(Cc1ccccc1)N(Cc1ccccc1)C(=O)CN(c1ccc2c(c1)OCCO2)S(=O)(=O)CC. The number of anilines is 1. The van der Waals surface area contributed by atoms with E-state index in [0.717, 1.165) is 28.3 Å². The average Bonchev–Trinajstić information content (AvgIpc) is 3.02. The molecule has 10 heteroatoms. The van der Waals surface area contributed by atoms with Gasteiger partial charge >= 0.3 is 0 Å². The van der Waals surface area contributed by atoms with Crippen molar-refractivity contribution in [3.63, 3.8) is 0 Å². The van der Waals surface area contributed by atoms with Gasteiger partial charge in [-0.05, 0) is 36.6 Å². The first-order valence-electron chi connectivity index (χ1n) is 14.4. The predicted octanol–water partition coefficient (Wildman–Crippen LogP) is 4.17. The summed E-state index contributed by atoms with van der Waals surface area (Å²) >= 11 is 0. The number of nitrogens with zero attached hydrogens (tertiary/aromatic N) is 2. The Bertz CT molecular complexity index is 1430. The summed E-state index contributed by atoms with van der Waals surface area (Å²) in [6, 6.07) is 22.9. The predicted molar refractivity (Wildman–Crippen MR) is 163 cm³/mol. The largest absolute Gasteiger partial charge is 0.486 e. The van der Waals surface area contributed by atoms with Crippen LogP contribution >= 0.6 is 0 Å². The van der Waals surface area contributed by atoms with Gasteiger partial charge in [0.1, 0.15) is 25.8 Å². The third-order valence-electron chi connectivity index (χ3n) is 7.09. The molecule has 0 fully saturated rings. The highest BCUT2D eigenvalue weighted by Gasteiger charge is 2.34. The molecule has 1 aliphatic rings. The number of carbonyl (C=O) groups excluding carboxylic acids is 2. The molecule has 4 rings (SSSR count). The molecule has 0 bridgehead atoms. The summed E-state index contributed by atoms with van der Waals surface area (Å²) in [5.74, 6) is -0.0418. The molecule has 42 heavy (non-hydrogen) atoms. The summed E-state index contributed by atoms with van der Waals surface area (Å²) in [6.45, 7) is 4.47. The van der Waals surface area contributed by atoms with Gasteiger partial charge in [-0.15, -0.1) is 0 Å². The van der Waals surface area contributed by atoms with Crippen molar-refractivity contribution in [1.29, 1.82) is 0 Å². The van der Waals surface area contributed by atoms with Crippen LogP contribution in [0.5, 0.6) is 11.5 Å². The van der Waals surface area contributed by atoms with Crippen LogP contribution in [0.3, 0.4) is 0 Å². The molecule has 1 heterocycles. The normalized spacial score (nSPS) is 13.2. The van der Waals surface area contributed by atoms with Crippen LogP contribution in [0.25, 0.3) is 0 Å². The van der Waals surface area contributed by atoms with E-state index in [4.69, 9.17) is 9.47 Å². The third-order valence-corrected chi connectivity index (χ3v) is 8.83. The number of sulfonamides is 1. The quantitative estimate of drug-likeness (QED) is 0.282. The fraction of sp³-hybridized carbons (Fsp3) is 0.375. The molecule has 224 valence electrons. The van der Waals surface area contributed by atoms with Gasteiger partial charge < -0.3 is 19.7 Å². The molecule has 3 aromatic rings. The van der Waals surface area contributed by atoms with Crippen molar-refractivity contribution in [3.8, 4) is 11.5 Å². The fourth-order valence-corrected chi connectivity index (χ4v) is 5.80. The minimum atomic E-state index is -3.87. The van der Waals surface area contributed by atoms with Crippen LogP contribution in [0, 0.1) is 0 Å². The lowest BCUT2D eigenvalue weighted by molar-refractivity contribution is -0.140. The number of amides is 2. The molecule has 9 nitrogen and oxygen atoms in total. The molecule has 1 atom stereocenters. The van der Waals surface area contributed by atoms with E-state index in [9.17, 15) is 18.0 Å². The van der Waals surface area contributed by atoms with Crippen molar-refractivity contribution >= 4 is 27.5 Å². The van der Waals surface area contributed by atoms with Gasteiger partial charge in [-0.25, -0.2) is 8.42 Å². The van der Waals surface area contributed by atoms with Crippen molar-refractivity contribution in [1.82, 2.24) is 10.2 Å². The minimum absolute atomic E-state index is 0.138. The first-order valence-corrected chi connectivity index (χ1v) is 16.0. The second kappa shape index (κ2) is 14.7. The number of ether oxygens (including phenoxy) is 2. The molecule has 0 spiro atoms. The molecule has 0 saturated heterocycles. The van der Waals surface area contributed by atoms with Gasteiger partial charge in [0.15, 0.2) is 11.5 Å². The first-order chi connectivity index (χ1) is 20.3. The van der Waals surface area contributed by atoms with Crippen LogP contribution in [0.15, 0.2) is 78.9 Å². The molecular weight excluding hydrogens is 554 g/mol. The molecule has 3 aromatic carbocycles. The zero-order valence-corrected chi connectivity index (χ0v) is 25.0. The maximum atomic E-state index is 14.2. The van der Waals surface area contributed by atoms with Crippen molar-refractivity contribution in [2.75, 3.05) is 36.4 Å². The van der Waals surface area contributed by atoms with Crippen LogP contribution in [-0.2, 0) is 32.6 Å². The number of carbonyl (C=O) groups is 2. The Morgan fingerprint density at radius 3 is 2.17 bits per heavy atom. The molecule has 0 aromatic heterocycles. The van der Waals surface area contributed by atoms with Crippen LogP contribution < -0.4 is 19.1 Å². The summed E-state index contributed by atoms with van der Waals surface area (Å²) < 4.78 is 39.1. The highest BCUT2D eigenvalue weighted by Crippen LogP contribution is 2.35. The Morgan fingerprint density at radius 1 is 0.881 bits per heavy atom. The Hall–Kier alpha value is -4.05. The molecule has 1 aliphatic heterocycles. The van der Waals surface area contributed by atoms with Crippen LogP contribution in [0.4, 0.5) is 5.69 Å². The number of rotatable bonds is 14. The molecule has 1 N–H and O–H groups in total. The summed E-state index contributed by atoms with van der Waals surface area (Å²) in [5.41, 5.74) is 2.01. The molecule has 0 aliphatic carbocycles. The molecule has 0 saturated carbocycles.